The molecule has 0 aliphatic carbocycles. The summed E-state index contributed by atoms with van der Waals surface area (Å²) in [6, 6.07) is 6.39. The van der Waals surface area contributed by atoms with Crippen LogP contribution in [-0.2, 0) is 4.79 Å². The summed E-state index contributed by atoms with van der Waals surface area (Å²) in [7, 11) is 0. The molecule has 3 N–H and O–H groups in total. The minimum Gasteiger partial charge on any atom is -0.391 e. The van der Waals surface area contributed by atoms with Gasteiger partial charge in [-0.15, -0.1) is 0 Å². The van der Waals surface area contributed by atoms with E-state index in [-0.39, 0.29) is 24.9 Å². The quantitative estimate of drug-likeness (QED) is 0.711. The Kier molecular flexibility index (Phi) is 7.04. The number of nitrogens with one attached hydrogen (secondary N) is 2. The van der Waals surface area contributed by atoms with E-state index < -0.39 is 6.10 Å². The van der Waals surface area contributed by atoms with Crippen molar-refractivity contribution in [3.05, 3.63) is 34.9 Å². The fraction of sp³-hybridized carbons (Fsp3) is 0.429. The lowest BCUT2D eigenvalue weighted by atomic mass is 10.2. The van der Waals surface area contributed by atoms with Crippen molar-refractivity contribution in [1.82, 2.24) is 10.6 Å². The van der Waals surface area contributed by atoms with Crippen molar-refractivity contribution in [2.24, 2.45) is 0 Å². The zero-order valence-electron chi connectivity index (χ0n) is 11.4. The standard InChI is InChI=1S/C14H19ClN2O3/c1-2-3-12(18)8-16-13(19)9-17-14(20)10-4-6-11(15)7-5-10/h4-7,12,18H,2-3,8-9H2,1H3,(H,16,19)(H,17,20). The molecule has 5 nitrogen and oxygen atoms in total. The molecule has 1 aromatic rings. The molecule has 0 saturated carbocycles. The van der Waals surface area contributed by atoms with Gasteiger partial charge in [-0.05, 0) is 30.7 Å². The van der Waals surface area contributed by atoms with Gasteiger partial charge in [0, 0.05) is 17.1 Å². The zero-order valence-corrected chi connectivity index (χ0v) is 12.1. The molecule has 0 spiro atoms. The number of amides is 2. The monoisotopic (exact) mass is 298 g/mol. The zero-order chi connectivity index (χ0) is 15.0. The fourth-order valence-corrected chi connectivity index (χ4v) is 1.72. The minimum absolute atomic E-state index is 0.125. The molecule has 20 heavy (non-hydrogen) atoms. The van der Waals surface area contributed by atoms with Gasteiger partial charge in [0.05, 0.1) is 12.6 Å². The number of benzene rings is 1. The van der Waals surface area contributed by atoms with Crippen molar-refractivity contribution < 1.29 is 14.7 Å². The van der Waals surface area contributed by atoms with E-state index in [4.69, 9.17) is 11.6 Å². The Morgan fingerprint density at radius 3 is 2.50 bits per heavy atom. The summed E-state index contributed by atoms with van der Waals surface area (Å²) in [6.45, 7) is 2.03. The number of halogens is 1. The topological polar surface area (TPSA) is 78.4 Å². The molecule has 0 aromatic heterocycles. The van der Waals surface area contributed by atoms with Crippen LogP contribution in [0.2, 0.25) is 5.02 Å². The molecule has 0 bridgehead atoms. The maximum atomic E-state index is 11.7. The Hall–Kier alpha value is -1.59. The average Bonchev–Trinajstić information content (AvgIpc) is 2.43. The van der Waals surface area contributed by atoms with Crippen LogP contribution in [0.3, 0.4) is 0 Å². The van der Waals surface area contributed by atoms with Crippen molar-refractivity contribution in [2.75, 3.05) is 13.1 Å². The third kappa shape index (κ3) is 6.04. The first-order valence-electron chi connectivity index (χ1n) is 6.51. The predicted molar refractivity (Wildman–Crippen MR) is 77.7 cm³/mol. The van der Waals surface area contributed by atoms with E-state index in [0.717, 1.165) is 6.42 Å². The molecule has 1 aromatic carbocycles. The first-order valence-corrected chi connectivity index (χ1v) is 6.89. The average molecular weight is 299 g/mol. The summed E-state index contributed by atoms with van der Waals surface area (Å²) in [4.78, 5) is 23.2. The molecule has 0 heterocycles. The smallest absolute Gasteiger partial charge is 0.251 e. The Morgan fingerprint density at radius 2 is 1.90 bits per heavy atom. The van der Waals surface area contributed by atoms with Gasteiger partial charge in [-0.1, -0.05) is 24.9 Å². The van der Waals surface area contributed by atoms with E-state index in [1.165, 1.54) is 0 Å². The molecule has 0 aliphatic heterocycles. The van der Waals surface area contributed by atoms with Crippen molar-refractivity contribution in [2.45, 2.75) is 25.9 Å². The van der Waals surface area contributed by atoms with Crippen molar-refractivity contribution in [3.8, 4) is 0 Å². The Bertz CT molecular complexity index is 448. The van der Waals surface area contributed by atoms with Gasteiger partial charge >= 0.3 is 0 Å². The number of aliphatic hydroxyl groups is 1. The van der Waals surface area contributed by atoms with Crippen LogP contribution in [0.25, 0.3) is 0 Å². The van der Waals surface area contributed by atoms with Gasteiger partial charge in [-0.3, -0.25) is 9.59 Å². The van der Waals surface area contributed by atoms with E-state index in [1.807, 2.05) is 6.92 Å². The first kappa shape index (κ1) is 16.5. The molecule has 2 amide bonds. The molecule has 0 radical (unpaired) electrons. The second-order valence-corrected chi connectivity index (χ2v) is 4.87. The van der Waals surface area contributed by atoms with Crippen molar-refractivity contribution in [1.29, 1.82) is 0 Å². The lowest BCUT2D eigenvalue weighted by Gasteiger charge is -2.11. The summed E-state index contributed by atoms with van der Waals surface area (Å²) in [5.74, 6) is -0.673. The lowest BCUT2D eigenvalue weighted by Crippen LogP contribution is -2.40. The largest absolute Gasteiger partial charge is 0.391 e. The second kappa shape index (κ2) is 8.55. The Morgan fingerprint density at radius 1 is 1.25 bits per heavy atom. The summed E-state index contributed by atoms with van der Waals surface area (Å²) in [5, 5.41) is 15.1. The van der Waals surface area contributed by atoms with Gasteiger partial charge in [0.25, 0.3) is 5.91 Å². The van der Waals surface area contributed by atoms with Crippen LogP contribution in [0.15, 0.2) is 24.3 Å². The van der Waals surface area contributed by atoms with Gasteiger partial charge in [-0.2, -0.15) is 0 Å². The van der Waals surface area contributed by atoms with E-state index in [1.54, 1.807) is 24.3 Å². The van der Waals surface area contributed by atoms with E-state index in [9.17, 15) is 14.7 Å². The summed E-state index contributed by atoms with van der Waals surface area (Å²) < 4.78 is 0. The molecule has 1 atom stereocenters. The van der Waals surface area contributed by atoms with Gasteiger partial charge in [0.2, 0.25) is 5.91 Å². The summed E-state index contributed by atoms with van der Waals surface area (Å²) in [5.41, 5.74) is 0.438. The Balaban J connectivity index is 2.30. The maximum absolute atomic E-state index is 11.7. The molecule has 110 valence electrons. The number of hydrogen-bond acceptors (Lipinski definition) is 3. The first-order chi connectivity index (χ1) is 9.52. The van der Waals surface area contributed by atoms with E-state index in [0.29, 0.717) is 17.0 Å². The Labute approximate surface area is 123 Å². The summed E-state index contributed by atoms with van der Waals surface area (Å²) >= 11 is 5.72. The van der Waals surface area contributed by atoms with Gasteiger partial charge in [0.1, 0.15) is 0 Å². The van der Waals surface area contributed by atoms with Crippen LogP contribution in [0.4, 0.5) is 0 Å². The number of carbonyl (C=O) groups excluding carboxylic acids is 2. The minimum atomic E-state index is -0.545. The molecular weight excluding hydrogens is 280 g/mol. The maximum Gasteiger partial charge on any atom is 0.251 e. The molecule has 0 fully saturated rings. The highest BCUT2D eigenvalue weighted by Crippen LogP contribution is 2.09. The lowest BCUT2D eigenvalue weighted by molar-refractivity contribution is -0.120. The molecule has 1 unspecified atom stereocenters. The highest BCUT2D eigenvalue weighted by Gasteiger charge is 2.09. The number of aliphatic hydroxyl groups excluding tert-OH is 1. The molecule has 6 heteroatoms. The number of rotatable bonds is 7. The van der Waals surface area contributed by atoms with Crippen molar-refractivity contribution >= 4 is 23.4 Å². The van der Waals surface area contributed by atoms with Crippen LogP contribution >= 0.6 is 11.6 Å². The van der Waals surface area contributed by atoms with Crippen LogP contribution in [0, 0.1) is 0 Å². The number of hydrogen-bond donors (Lipinski definition) is 3. The third-order valence-corrected chi connectivity index (χ3v) is 2.92. The molecule has 0 saturated heterocycles. The fourth-order valence-electron chi connectivity index (χ4n) is 1.59. The van der Waals surface area contributed by atoms with Gasteiger partial charge < -0.3 is 15.7 Å². The normalized spacial score (nSPS) is 11.8. The molecular formula is C14H19ClN2O3. The van der Waals surface area contributed by atoms with Crippen LogP contribution in [-0.4, -0.2) is 36.1 Å². The second-order valence-electron chi connectivity index (χ2n) is 4.44. The van der Waals surface area contributed by atoms with Gasteiger partial charge in [-0.25, -0.2) is 0 Å². The van der Waals surface area contributed by atoms with Crippen LogP contribution < -0.4 is 10.6 Å². The van der Waals surface area contributed by atoms with Crippen LogP contribution in [0.1, 0.15) is 30.1 Å². The molecule has 0 aliphatic rings. The molecule has 1 rings (SSSR count). The van der Waals surface area contributed by atoms with E-state index >= 15 is 0 Å². The van der Waals surface area contributed by atoms with Crippen molar-refractivity contribution in [3.63, 3.8) is 0 Å². The van der Waals surface area contributed by atoms with Gasteiger partial charge in [0.15, 0.2) is 0 Å². The van der Waals surface area contributed by atoms with Crippen LogP contribution in [0.5, 0.6) is 0 Å². The predicted octanol–water partition coefficient (Wildman–Crippen LogP) is 1.35. The van der Waals surface area contributed by atoms with E-state index in [2.05, 4.69) is 10.6 Å². The highest BCUT2D eigenvalue weighted by atomic mass is 35.5. The SMILES string of the molecule is CCCC(O)CNC(=O)CNC(=O)c1ccc(Cl)cc1. The number of carbonyl (C=O) groups is 2. The highest BCUT2D eigenvalue weighted by molar-refractivity contribution is 6.30. The summed E-state index contributed by atoms with van der Waals surface area (Å²) in [6.07, 6.45) is 0.942. The third-order valence-electron chi connectivity index (χ3n) is 2.67.